The van der Waals surface area contributed by atoms with E-state index in [0.29, 0.717) is 0 Å². The Kier molecular flexibility index (Phi) is 3.57. The molecule has 0 spiro atoms. The van der Waals surface area contributed by atoms with Gasteiger partial charge in [0.15, 0.2) is 0 Å². The summed E-state index contributed by atoms with van der Waals surface area (Å²) in [5.74, 6) is 0.253. The first-order valence-electron chi connectivity index (χ1n) is 4.80. The quantitative estimate of drug-likeness (QED) is 0.747. The fraction of sp³-hybridized carbons (Fsp3) is 0.500. The first kappa shape index (κ1) is 11.5. The third-order valence-electron chi connectivity index (χ3n) is 3.03. The van der Waals surface area contributed by atoms with Crippen LogP contribution in [0.3, 0.4) is 0 Å². The zero-order valence-corrected chi connectivity index (χ0v) is 9.94. The Morgan fingerprint density at radius 3 is 2.21 bits per heavy atom. The average Bonchev–Trinajstić information content (AvgIpc) is 2.19. The van der Waals surface area contributed by atoms with E-state index in [4.69, 9.17) is 11.6 Å². The molecule has 0 saturated heterocycles. The largest absolute Gasteiger partial charge is 0.387 e. The number of rotatable bonds is 2. The molecule has 14 heavy (non-hydrogen) atoms. The van der Waals surface area contributed by atoms with Crippen molar-refractivity contribution in [1.82, 2.24) is 0 Å². The van der Waals surface area contributed by atoms with Crippen molar-refractivity contribution in [3.05, 3.63) is 33.9 Å². The number of halogens is 1. The highest BCUT2D eigenvalue weighted by molar-refractivity contribution is 6.18. The molecule has 1 N–H and O–H groups in total. The van der Waals surface area contributed by atoms with E-state index in [9.17, 15) is 5.11 Å². The number of aryl methyl sites for hydroxylation is 1. The van der Waals surface area contributed by atoms with Gasteiger partial charge in [0.25, 0.3) is 0 Å². The molecule has 2 heteroatoms. The smallest absolute Gasteiger partial charge is 0.0928 e. The zero-order valence-electron chi connectivity index (χ0n) is 9.19. The number of aliphatic hydroxyl groups is 1. The highest BCUT2D eigenvalue weighted by atomic mass is 35.5. The molecule has 1 nitrogen and oxygen atoms in total. The molecule has 1 rings (SSSR count). The van der Waals surface area contributed by atoms with Crippen molar-refractivity contribution in [2.45, 2.75) is 33.8 Å². The molecule has 0 aromatic heterocycles. The van der Waals surface area contributed by atoms with Crippen molar-refractivity contribution in [3.8, 4) is 0 Å². The number of hydrogen-bond acceptors (Lipinski definition) is 1. The Morgan fingerprint density at radius 2 is 1.71 bits per heavy atom. The lowest BCUT2D eigenvalue weighted by atomic mass is 9.92. The molecular formula is C12H17ClO. The Morgan fingerprint density at radius 1 is 1.14 bits per heavy atom. The van der Waals surface area contributed by atoms with E-state index in [1.165, 1.54) is 16.7 Å². The van der Waals surface area contributed by atoms with Crippen LogP contribution in [0.1, 0.15) is 33.9 Å². The van der Waals surface area contributed by atoms with Crippen LogP contribution in [0.15, 0.2) is 6.07 Å². The fourth-order valence-electron chi connectivity index (χ4n) is 1.67. The maximum absolute atomic E-state index is 9.72. The number of hydrogen-bond donors (Lipinski definition) is 1. The molecule has 0 heterocycles. The van der Waals surface area contributed by atoms with E-state index in [0.717, 1.165) is 11.1 Å². The number of alkyl halides is 1. The van der Waals surface area contributed by atoms with Gasteiger partial charge in [-0.25, -0.2) is 0 Å². The summed E-state index contributed by atoms with van der Waals surface area (Å²) < 4.78 is 0. The summed E-state index contributed by atoms with van der Waals surface area (Å²) in [4.78, 5) is 0. The van der Waals surface area contributed by atoms with E-state index >= 15 is 0 Å². The summed E-state index contributed by atoms with van der Waals surface area (Å²) in [6.45, 7) is 8.29. The highest BCUT2D eigenvalue weighted by Gasteiger charge is 2.13. The van der Waals surface area contributed by atoms with Crippen LogP contribution in [-0.2, 0) is 0 Å². The summed E-state index contributed by atoms with van der Waals surface area (Å²) in [6.07, 6.45) is -0.547. The van der Waals surface area contributed by atoms with Crippen LogP contribution in [0.5, 0.6) is 0 Å². The molecule has 1 atom stereocenters. The summed E-state index contributed by atoms with van der Waals surface area (Å²) in [6, 6.07) is 2.03. The van der Waals surface area contributed by atoms with Crippen molar-refractivity contribution in [2.75, 3.05) is 5.88 Å². The van der Waals surface area contributed by atoms with Gasteiger partial charge >= 0.3 is 0 Å². The molecule has 1 aromatic rings. The third-order valence-corrected chi connectivity index (χ3v) is 3.32. The first-order valence-corrected chi connectivity index (χ1v) is 5.33. The van der Waals surface area contributed by atoms with Crippen molar-refractivity contribution >= 4 is 11.6 Å². The molecule has 0 aliphatic rings. The molecule has 0 amide bonds. The van der Waals surface area contributed by atoms with Crippen LogP contribution in [-0.4, -0.2) is 11.0 Å². The molecule has 0 aliphatic heterocycles. The normalized spacial score (nSPS) is 13.0. The van der Waals surface area contributed by atoms with Crippen molar-refractivity contribution in [3.63, 3.8) is 0 Å². The maximum Gasteiger partial charge on any atom is 0.0928 e. The van der Waals surface area contributed by atoms with E-state index in [1.807, 2.05) is 13.0 Å². The second kappa shape index (κ2) is 4.33. The summed E-state index contributed by atoms with van der Waals surface area (Å²) >= 11 is 5.65. The molecule has 0 fully saturated rings. The van der Waals surface area contributed by atoms with Gasteiger partial charge in [0, 0.05) is 0 Å². The SMILES string of the molecule is Cc1cc(C(O)CCl)c(C)c(C)c1C. The lowest BCUT2D eigenvalue weighted by Crippen LogP contribution is -2.05. The Hall–Kier alpha value is -0.530. The molecule has 0 aliphatic carbocycles. The zero-order chi connectivity index (χ0) is 10.9. The van der Waals surface area contributed by atoms with Gasteiger partial charge < -0.3 is 5.11 Å². The van der Waals surface area contributed by atoms with Crippen LogP contribution in [0.4, 0.5) is 0 Å². The standard InChI is InChI=1S/C12H17ClO/c1-7-5-11(12(14)6-13)10(4)9(3)8(7)2/h5,12,14H,6H2,1-4H3. The minimum absolute atomic E-state index is 0.253. The van der Waals surface area contributed by atoms with Crippen molar-refractivity contribution < 1.29 is 5.11 Å². The highest BCUT2D eigenvalue weighted by Crippen LogP contribution is 2.26. The molecule has 1 unspecified atom stereocenters. The molecular weight excluding hydrogens is 196 g/mol. The molecule has 0 radical (unpaired) electrons. The monoisotopic (exact) mass is 212 g/mol. The predicted molar refractivity (Wildman–Crippen MR) is 61.1 cm³/mol. The van der Waals surface area contributed by atoms with Gasteiger partial charge in [0.05, 0.1) is 12.0 Å². The molecule has 0 saturated carbocycles. The van der Waals surface area contributed by atoms with Crippen LogP contribution < -0.4 is 0 Å². The lowest BCUT2D eigenvalue weighted by molar-refractivity contribution is 0.201. The van der Waals surface area contributed by atoms with E-state index in [1.54, 1.807) is 0 Å². The van der Waals surface area contributed by atoms with Gasteiger partial charge in [0.1, 0.15) is 0 Å². The second-order valence-electron chi connectivity index (χ2n) is 3.83. The average molecular weight is 213 g/mol. The Labute approximate surface area is 90.7 Å². The first-order chi connectivity index (χ1) is 6.49. The third kappa shape index (κ3) is 1.94. The van der Waals surface area contributed by atoms with Crippen LogP contribution in [0.25, 0.3) is 0 Å². The van der Waals surface area contributed by atoms with Gasteiger partial charge in [-0.15, -0.1) is 11.6 Å². The van der Waals surface area contributed by atoms with Gasteiger partial charge in [0.2, 0.25) is 0 Å². The van der Waals surface area contributed by atoms with Gasteiger partial charge in [-0.2, -0.15) is 0 Å². The molecule has 78 valence electrons. The Bertz CT molecular complexity index is 345. The second-order valence-corrected chi connectivity index (χ2v) is 4.14. The molecule has 1 aromatic carbocycles. The number of aliphatic hydroxyl groups excluding tert-OH is 1. The Balaban J connectivity index is 3.33. The van der Waals surface area contributed by atoms with E-state index in [-0.39, 0.29) is 5.88 Å². The summed E-state index contributed by atoms with van der Waals surface area (Å²) in [7, 11) is 0. The van der Waals surface area contributed by atoms with E-state index < -0.39 is 6.10 Å². The van der Waals surface area contributed by atoms with Crippen molar-refractivity contribution in [1.29, 1.82) is 0 Å². The minimum atomic E-state index is -0.547. The fourth-order valence-corrected chi connectivity index (χ4v) is 1.84. The summed E-state index contributed by atoms with van der Waals surface area (Å²) in [5.41, 5.74) is 5.88. The topological polar surface area (TPSA) is 20.2 Å². The van der Waals surface area contributed by atoms with Crippen LogP contribution in [0, 0.1) is 27.7 Å². The van der Waals surface area contributed by atoms with Crippen LogP contribution in [0.2, 0.25) is 0 Å². The summed E-state index contributed by atoms with van der Waals surface area (Å²) in [5, 5.41) is 9.72. The molecule has 0 bridgehead atoms. The van der Waals surface area contributed by atoms with Crippen LogP contribution >= 0.6 is 11.6 Å². The minimum Gasteiger partial charge on any atom is -0.387 e. The van der Waals surface area contributed by atoms with Gasteiger partial charge in [-0.05, 0) is 55.5 Å². The number of benzene rings is 1. The van der Waals surface area contributed by atoms with Gasteiger partial charge in [-0.1, -0.05) is 6.07 Å². The van der Waals surface area contributed by atoms with Gasteiger partial charge in [-0.3, -0.25) is 0 Å². The van der Waals surface area contributed by atoms with Crippen molar-refractivity contribution in [2.24, 2.45) is 0 Å². The maximum atomic E-state index is 9.72. The van der Waals surface area contributed by atoms with E-state index in [2.05, 4.69) is 20.8 Å². The predicted octanol–water partition coefficient (Wildman–Crippen LogP) is 3.19. The lowest BCUT2D eigenvalue weighted by Gasteiger charge is -2.17.